The molecule has 1 aliphatic heterocycles. The van der Waals surface area contributed by atoms with Gasteiger partial charge in [-0.1, -0.05) is 12.1 Å². The van der Waals surface area contributed by atoms with Gasteiger partial charge in [-0.3, -0.25) is 24.7 Å². The zero-order valence-electron chi connectivity index (χ0n) is 15.9. The molecule has 0 radical (unpaired) electrons. The van der Waals surface area contributed by atoms with E-state index in [0.29, 0.717) is 17.6 Å². The van der Waals surface area contributed by atoms with Gasteiger partial charge < -0.3 is 14.3 Å². The summed E-state index contributed by atoms with van der Waals surface area (Å²) in [6, 6.07) is 4.50. The molecule has 28 heavy (non-hydrogen) atoms. The number of hydrogen-bond donors (Lipinski definition) is 0. The fourth-order valence-corrected chi connectivity index (χ4v) is 3.48. The van der Waals surface area contributed by atoms with Gasteiger partial charge in [0.05, 0.1) is 24.1 Å². The number of benzene rings is 1. The molecular weight excluding hydrogens is 368 g/mol. The molecule has 0 saturated carbocycles. The van der Waals surface area contributed by atoms with Crippen molar-refractivity contribution in [2.45, 2.75) is 32.7 Å². The maximum Gasteiger partial charge on any atom is 0.315 e. The molecule has 4 unspecified atom stereocenters. The first-order valence-electron chi connectivity index (χ1n) is 8.92. The van der Waals surface area contributed by atoms with Crippen molar-refractivity contribution in [2.75, 3.05) is 13.2 Å². The predicted molar refractivity (Wildman–Crippen MR) is 99.0 cm³/mol. The SMILES string of the molecule is CCOC(=O)C1C(C)=NC(C=O)C(C(=O)OCC)C1c1ccc([N+](=O)[O-])cc1. The molecule has 1 aromatic carbocycles. The zero-order chi connectivity index (χ0) is 20.8. The smallest absolute Gasteiger partial charge is 0.315 e. The van der Waals surface area contributed by atoms with Gasteiger partial charge in [-0.15, -0.1) is 0 Å². The Labute approximate surface area is 161 Å². The van der Waals surface area contributed by atoms with E-state index in [1.807, 2.05) is 0 Å². The van der Waals surface area contributed by atoms with Crippen LogP contribution in [0.4, 0.5) is 5.69 Å². The maximum absolute atomic E-state index is 12.6. The monoisotopic (exact) mass is 390 g/mol. The average Bonchev–Trinajstić information content (AvgIpc) is 2.67. The van der Waals surface area contributed by atoms with Crippen molar-refractivity contribution in [3.63, 3.8) is 0 Å². The summed E-state index contributed by atoms with van der Waals surface area (Å²) in [5.41, 5.74) is 0.722. The Kier molecular flexibility index (Phi) is 6.97. The number of aldehydes is 1. The van der Waals surface area contributed by atoms with Gasteiger partial charge in [0.25, 0.3) is 5.69 Å². The van der Waals surface area contributed by atoms with Crippen molar-refractivity contribution >= 4 is 29.6 Å². The summed E-state index contributed by atoms with van der Waals surface area (Å²) in [5.74, 6) is -3.99. The van der Waals surface area contributed by atoms with Crippen LogP contribution in [0, 0.1) is 22.0 Å². The minimum Gasteiger partial charge on any atom is -0.466 e. The molecule has 0 fully saturated rings. The van der Waals surface area contributed by atoms with Crippen molar-refractivity contribution in [2.24, 2.45) is 16.8 Å². The Hall–Kier alpha value is -3.10. The molecule has 150 valence electrons. The molecule has 0 N–H and O–H groups in total. The van der Waals surface area contributed by atoms with Crippen LogP contribution in [0.1, 0.15) is 32.3 Å². The van der Waals surface area contributed by atoms with Crippen LogP contribution in [0.5, 0.6) is 0 Å². The van der Waals surface area contributed by atoms with Gasteiger partial charge in [-0.05, 0) is 26.3 Å². The number of non-ortho nitro benzene ring substituents is 1. The van der Waals surface area contributed by atoms with E-state index in [2.05, 4.69) is 4.99 Å². The third-order valence-electron chi connectivity index (χ3n) is 4.64. The van der Waals surface area contributed by atoms with Crippen LogP contribution < -0.4 is 0 Å². The van der Waals surface area contributed by atoms with Gasteiger partial charge >= 0.3 is 11.9 Å². The lowest BCUT2D eigenvalue weighted by Crippen LogP contribution is -2.47. The summed E-state index contributed by atoms with van der Waals surface area (Å²) >= 11 is 0. The number of aliphatic imine (C=N–C) groups is 1. The van der Waals surface area contributed by atoms with E-state index in [9.17, 15) is 24.5 Å². The molecule has 0 bridgehead atoms. The number of carbonyl (C=O) groups excluding carboxylic acids is 3. The number of hydrogen-bond acceptors (Lipinski definition) is 8. The first kappa shape index (κ1) is 21.2. The predicted octanol–water partition coefficient (Wildman–Crippen LogP) is 2.08. The van der Waals surface area contributed by atoms with Crippen LogP contribution in [0.2, 0.25) is 0 Å². The summed E-state index contributed by atoms with van der Waals surface area (Å²) in [6.07, 6.45) is 0.546. The average molecular weight is 390 g/mol. The number of ether oxygens (including phenoxy) is 2. The second-order valence-corrected chi connectivity index (χ2v) is 6.28. The maximum atomic E-state index is 12.6. The lowest BCUT2D eigenvalue weighted by atomic mass is 9.70. The van der Waals surface area contributed by atoms with E-state index in [1.54, 1.807) is 20.8 Å². The topological polar surface area (TPSA) is 125 Å². The molecule has 1 aromatic rings. The highest BCUT2D eigenvalue weighted by atomic mass is 16.6. The van der Waals surface area contributed by atoms with Crippen LogP contribution in [-0.2, 0) is 23.9 Å². The van der Waals surface area contributed by atoms with Gasteiger partial charge in [0, 0.05) is 23.8 Å². The summed E-state index contributed by atoms with van der Waals surface area (Å²) < 4.78 is 10.3. The van der Waals surface area contributed by atoms with Crippen LogP contribution in [-0.4, -0.2) is 48.1 Å². The second kappa shape index (κ2) is 9.20. The molecule has 2 rings (SSSR count). The Morgan fingerprint density at radius 2 is 1.71 bits per heavy atom. The normalized spacial score (nSPS) is 24.0. The van der Waals surface area contributed by atoms with Crippen molar-refractivity contribution in [1.82, 2.24) is 0 Å². The molecule has 0 aromatic heterocycles. The minimum absolute atomic E-state index is 0.0979. The Morgan fingerprint density at radius 3 is 2.21 bits per heavy atom. The second-order valence-electron chi connectivity index (χ2n) is 6.28. The largest absolute Gasteiger partial charge is 0.466 e. The fraction of sp³-hybridized carbons (Fsp3) is 0.474. The van der Waals surface area contributed by atoms with Gasteiger partial charge in [-0.25, -0.2) is 0 Å². The molecule has 4 atom stereocenters. The van der Waals surface area contributed by atoms with Crippen LogP contribution in [0.15, 0.2) is 29.3 Å². The Balaban J connectivity index is 2.61. The van der Waals surface area contributed by atoms with Crippen molar-refractivity contribution in [3.05, 3.63) is 39.9 Å². The molecule has 0 amide bonds. The van der Waals surface area contributed by atoms with Crippen LogP contribution in [0.3, 0.4) is 0 Å². The Bertz CT molecular complexity index is 788. The van der Waals surface area contributed by atoms with E-state index in [-0.39, 0.29) is 18.9 Å². The minimum atomic E-state index is -1.04. The Morgan fingerprint density at radius 1 is 1.14 bits per heavy atom. The highest BCUT2D eigenvalue weighted by Crippen LogP contribution is 2.41. The summed E-state index contributed by atoms with van der Waals surface area (Å²) in [7, 11) is 0. The van der Waals surface area contributed by atoms with Crippen LogP contribution in [0.25, 0.3) is 0 Å². The number of nitro groups is 1. The fourth-order valence-electron chi connectivity index (χ4n) is 3.48. The number of nitrogens with zero attached hydrogens (tertiary/aromatic N) is 2. The number of esters is 2. The summed E-state index contributed by atoms with van der Waals surface area (Å²) in [5, 5.41) is 10.9. The molecule has 0 aliphatic carbocycles. The molecule has 0 saturated heterocycles. The van der Waals surface area contributed by atoms with Crippen molar-refractivity contribution in [3.8, 4) is 0 Å². The van der Waals surface area contributed by atoms with Crippen molar-refractivity contribution < 1.29 is 28.8 Å². The van der Waals surface area contributed by atoms with E-state index < -0.39 is 40.7 Å². The molecule has 0 spiro atoms. The molecule has 1 aliphatic rings. The van der Waals surface area contributed by atoms with E-state index >= 15 is 0 Å². The highest BCUT2D eigenvalue weighted by molar-refractivity contribution is 6.04. The van der Waals surface area contributed by atoms with E-state index in [1.165, 1.54) is 24.3 Å². The number of carbonyl (C=O) groups is 3. The lowest BCUT2D eigenvalue weighted by molar-refractivity contribution is -0.384. The molecular formula is C19H22N2O7. The summed E-state index contributed by atoms with van der Waals surface area (Å²) in [6.45, 7) is 5.12. The zero-order valence-corrected chi connectivity index (χ0v) is 15.9. The quantitative estimate of drug-likeness (QED) is 0.302. The number of nitro benzene ring substituents is 1. The van der Waals surface area contributed by atoms with Crippen LogP contribution >= 0.6 is 0 Å². The molecule has 9 heteroatoms. The third kappa shape index (κ3) is 4.24. The standard InChI is InChI=1S/C19H22N2O7/c1-4-27-18(23)15-11(3)20-14(10-22)17(19(24)28-5-2)16(15)12-6-8-13(9-7-12)21(25)26/h6-10,14-17H,4-5H2,1-3H3. The van der Waals surface area contributed by atoms with Gasteiger partial charge in [0.15, 0.2) is 0 Å². The highest BCUT2D eigenvalue weighted by Gasteiger charge is 2.49. The molecule has 1 heterocycles. The number of rotatable bonds is 7. The first-order valence-corrected chi connectivity index (χ1v) is 8.92. The van der Waals surface area contributed by atoms with Gasteiger partial charge in [0.2, 0.25) is 0 Å². The van der Waals surface area contributed by atoms with Gasteiger partial charge in [0.1, 0.15) is 18.2 Å². The summed E-state index contributed by atoms with van der Waals surface area (Å²) in [4.78, 5) is 51.5. The first-order chi connectivity index (χ1) is 13.3. The van der Waals surface area contributed by atoms with E-state index in [4.69, 9.17) is 9.47 Å². The third-order valence-corrected chi connectivity index (χ3v) is 4.64. The lowest BCUT2D eigenvalue weighted by Gasteiger charge is -2.37. The van der Waals surface area contributed by atoms with E-state index in [0.717, 1.165) is 0 Å². The van der Waals surface area contributed by atoms with Gasteiger partial charge in [-0.2, -0.15) is 0 Å². The molecule has 9 nitrogen and oxygen atoms in total. The van der Waals surface area contributed by atoms with Crippen molar-refractivity contribution in [1.29, 1.82) is 0 Å².